The summed E-state index contributed by atoms with van der Waals surface area (Å²) in [4.78, 5) is 23.0. The molecule has 18 heavy (non-hydrogen) atoms. The van der Waals surface area contributed by atoms with Crippen LogP contribution < -0.4 is 5.73 Å². The number of nitrogens with two attached hydrogens (primary N) is 1. The van der Waals surface area contributed by atoms with E-state index in [9.17, 15) is 9.59 Å². The summed E-state index contributed by atoms with van der Waals surface area (Å²) in [6, 6.07) is 6.41. The second-order valence-corrected chi connectivity index (χ2v) is 3.99. The van der Waals surface area contributed by atoms with Crippen LogP contribution in [0, 0.1) is 0 Å². The van der Waals surface area contributed by atoms with Crippen LogP contribution in [-0.4, -0.2) is 23.6 Å². The molecule has 0 aliphatic heterocycles. The first-order valence-electron chi connectivity index (χ1n) is 5.50. The van der Waals surface area contributed by atoms with Crippen molar-refractivity contribution < 1.29 is 14.3 Å². The Morgan fingerprint density at radius 2 is 2.00 bits per heavy atom. The maximum atomic E-state index is 11.5. The summed E-state index contributed by atoms with van der Waals surface area (Å²) in [5.41, 5.74) is 7.16. The fourth-order valence-electron chi connectivity index (χ4n) is 1.97. The van der Waals surface area contributed by atoms with Crippen molar-refractivity contribution in [3.63, 3.8) is 0 Å². The van der Waals surface area contributed by atoms with Crippen LogP contribution in [0.5, 0.6) is 0 Å². The van der Waals surface area contributed by atoms with Gasteiger partial charge in [0.25, 0.3) is 0 Å². The Kier molecular flexibility index (Phi) is 3.16. The molecule has 1 atom stereocenters. The number of fused-ring (bicyclic) bond motifs is 1. The zero-order valence-corrected chi connectivity index (χ0v) is 10.2. The van der Waals surface area contributed by atoms with Crippen LogP contribution in [0.15, 0.2) is 30.5 Å². The number of aromatic nitrogens is 1. The van der Waals surface area contributed by atoms with Crippen molar-refractivity contribution in [3.8, 4) is 0 Å². The number of para-hydroxylation sites is 1. The molecule has 0 spiro atoms. The van der Waals surface area contributed by atoms with Gasteiger partial charge in [0, 0.05) is 24.1 Å². The number of hydrogen-bond acceptors (Lipinski definition) is 4. The molecule has 1 aromatic carbocycles. The number of rotatable bonds is 2. The van der Waals surface area contributed by atoms with E-state index >= 15 is 0 Å². The molecule has 2 N–H and O–H groups in total. The highest BCUT2D eigenvalue weighted by Gasteiger charge is 2.22. The third-order valence-corrected chi connectivity index (χ3v) is 2.87. The van der Waals surface area contributed by atoms with Gasteiger partial charge in [-0.15, -0.1) is 0 Å². The summed E-state index contributed by atoms with van der Waals surface area (Å²) in [5, 5.41) is 0.783. The first kappa shape index (κ1) is 12.3. The fourth-order valence-corrected chi connectivity index (χ4v) is 1.97. The highest BCUT2D eigenvalue weighted by atomic mass is 16.5. The summed E-state index contributed by atoms with van der Waals surface area (Å²) in [7, 11) is 1.28. The largest absolute Gasteiger partial charge is 0.468 e. The Labute approximate surface area is 104 Å². The Morgan fingerprint density at radius 1 is 1.33 bits per heavy atom. The van der Waals surface area contributed by atoms with Crippen molar-refractivity contribution in [3.05, 3.63) is 36.0 Å². The molecule has 0 aliphatic carbocycles. The average Bonchev–Trinajstić information content (AvgIpc) is 2.76. The summed E-state index contributed by atoms with van der Waals surface area (Å²) >= 11 is 0. The highest BCUT2D eigenvalue weighted by molar-refractivity contribution is 5.96. The molecule has 2 aromatic rings. The number of benzene rings is 1. The lowest BCUT2D eigenvalue weighted by Crippen LogP contribution is -2.22. The zero-order valence-electron chi connectivity index (χ0n) is 10.2. The van der Waals surface area contributed by atoms with Crippen molar-refractivity contribution >= 4 is 22.8 Å². The van der Waals surface area contributed by atoms with E-state index in [1.165, 1.54) is 18.6 Å². The van der Waals surface area contributed by atoms with Crippen LogP contribution in [0.4, 0.5) is 0 Å². The predicted octanol–water partition coefficient (Wildman–Crippen LogP) is 1.47. The molecule has 0 bridgehead atoms. The van der Waals surface area contributed by atoms with Crippen molar-refractivity contribution in [1.82, 2.24) is 4.57 Å². The third-order valence-electron chi connectivity index (χ3n) is 2.87. The summed E-state index contributed by atoms with van der Waals surface area (Å²) in [6.45, 7) is 1.46. The van der Waals surface area contributed by atoms with Crippen LogP contribution >= 0.6 is 0 Å². The Balaban J connectivity index is 2.65. The molecule has 0 unspecified atom stereocenters. The maximum Gasteiger partial charge on any atom is 0.327 e. The second-order valence-electron chi connectivity index (χ2n) is 3.99. The van der Waals surface area contributed by atoms with E-state index in [-0.39, 0.29) is 5.91 Å². The van der Waals surface area contributed by atoms with E-state index < -0.39 is 12.0 Å². The monoisotopic (exact) mass is 246 g/mol. The normalized spacial score (nSPS) is 12.4. The molecule has 2 rings (SSSR count). The fraction of sp³-hybridized carbons (Fsp3) is 0.231. The minimum atomic E-state index is -0.888. The van der Waals surface area contributed by atoms with Gasteiger partial charge in [-0.05, 0) is 6.07 Å². The molecule has 0 saturated carbocycles. The molecule has 0 amide bonds. The summed E-state index contributed by atoms with van der Waals surface area (Å²) in [5.74, 6) is -0.657. The molecule has 0 aliphatic rings. The van der Waals surface area contributed by atoms with Crippen LogP contribution in [0.3, 0.4) is 0 Å². The van der Waals surface area contributed by atoms with Gasteiger partial charge in [0.2, 0.25) is 5.91 Å². The summed E-state index contributed by atoms with van der Waals surface area (Å²) < 4.78 is 6.11. The lowest BCUT2D eigenvalue weighted by atomic mass is 10.1. The lowest BCUT2D eigenvalue weighted by molar-refractivity contribution is -0.142. The Hall–Kier alpha value is -2.14. The van der Waals surface area contributed by atoms with Crippen molar-refractivity contribution in [2.45, 2.75) is 13.0 Å². The molecule has 0 saturated heterocycles. The SMILES string of the molecule is COC(=O)[C@H](N)c1cn(C(C)=O)c2ccccc12. The van der Waals surface area contributed by atoms with Gasteiger partial charge in [-0.3, -0.25) is 14.2 Å². The van der Waals surface area contributed by atoms with Gasteiger partial charge in [0.05, 0.1) is 12.6 Å². The lowest BCUT2D eigenvalue weighted by Gasteiger charge is -2.07. The molecule has 5 nitrogen and oxygen atoms in total. The van der Waals surface area contributed by atoms with E-state index in [1.54, 1.807) is 6.20 Å². The smallest absolute Gasteiger partial charge is 0.327 e. The molecule has 0 radical (unpaired) electrons. The minimum absolute atomic E-state index is 0.130. The number of ether oxygens (including phenoxy) is 1. The minimum Gasteiger partial charge on any atom is -0.468 e. The quantitative estimate of drug-likeness (QED) is 0.814. The molecule has 5 heteroatoms. The summed E-state index contributed by atoms with van der Waals surface area (Å²) in [6.07, 6.45) is 1.59. The van der Waals surface area contributed by atoms with E-state index in [1.807, 2.05) is 24.3 Å². The first-order chi connectivity index (χ1) is 8.56. The maximum absolute atomic E-state index is 11.5. The van der Waals surface area contributed by atoms with Gasteiger partial charge < -0.3 is 10.5 Å². The van der Waals surface area contributed by atoms with Gasteiger partial charge in [0.1, 0.15) is 6.04 Å². The standard InChI is InChI=1S/C13H14N2O3/c1-8(16)15-7-10(12(14)13(17)18-2)9-5-3-4-6-11(9)15/h3-7,12H,14H2,1-2H3/t12-/m1/s1. The van der Waals surface area contributed by atoms with Crippen molar-refractivity contribution in [1.29, 1.82) is 0 Å². The number of carbonyl (C=O) groups excluding carboxylic acids is 2. The van der Waals surface area contributed by atoms with E-state index in [4.69, 9.17) is 5.73 Å². The van der Waals surface area contributed by atoms with E-state index in [0.29, 0.717) is 5.56 Å². The Morgan fingerprint density at radius 3 is 2.61 bits per heavy atom. The molecule has 94 valence electrons. The van der Waals surface area contributed by atoms with Gasteiger partial charge in [0.15, 0.2) is 0 Å². The Bertz CT molecular complexity index is 616. The van der Waals surface area contributed by atoms with Gasteiger partial charge in [-0.2, -0.15) is 0 Å². The molecular weight excluding hydrogens is 232 g/mol. The van der Waals surface area contributed by atoms with Crippen LogP contribution in [-0.2, 0) is 9.53 Å². The first-order valence-corrected chi connectivity index (χ1v) is 5.50. The molecule has 0 fully saturated rings. The van der Waals surface area contributed by atoms with Gasteiger partial charge in [-0.1, -0.05) is 18.2 Å². The second kappa shape index (κ2) is 4.62. The number of esters is 1. The van der Waals surface area contributed by atoms with E-state index in [0.717, 1.165) is 10.9 Å². The predicted molar refractivity (Wildman–Crippen MR) is 67.2 cm³/mol. The van der Waals surface area contributed by atoms with Crippen LogP contribution in [0.1, 0.15) is 23.3 Å². The third kappa shape index (κ3) is 1.89. The molecular formula is C13H14N2O3. The van der Waals surface area contributed by atoms with Crippen molar-refractivity contribution in [2.24, 2.45) is 5.73 Å². The van der Waals surface area contributed by atoms with E-state index in [2.05, 4.69) is 4.74 Å². The highest BCUT2D eigenvalue weighted by Crippen LogP contribution is 2.26. The van der Waals surface area contributed by atoms with Crippen molar-refractivity contribution in [2.75, 3.05) is 7.11 Å². The van der Waals surface area contributed by atoms with Gasteiger partial charge in [-0.25, -0.2) is 0 Å². The number of hydrogen-bond donors (Lipinski definition) is 1. The van der Waals surface area contributed by atoms with Gasteiger partial charge >= 0.3 is 5.97 Å². The molecule has 1 aromatic heterocycles. The topological polar surface area (TPSA) is 74.3 Å². The zero-order chi connectivity index (χ0) is 13.3. The molecule has 1 heterocycles. The van der Waals surface area contributed by atoms with Crippen LogP contribution in [0.25, 0.3) is 10.9 Å². The number of methoxy groups -OCH3 is 1. The van der Waals surface area contributed by atoms with Crippen LogP contribution in [0.2, 0.25) is 0 Å². The average molecular weight is 246 g/mol. The number of carbonyl (C=O) groups is 2. The number of nitrogens with zero attached hydrogens (tertiary/aromatic N) is 1.